The molecule has 0 aliphatic heterocycles. The zero-order valence-corrected chi connectivity index (χ0v) is 16.8. The van der Waals surface area contributed by atoms with Crippen LogP contribution >= 0.6 is 0 Å². The van der Waals surface area contributed by atoms with Crippen molar-refractivity contribution in [3.05, 3.63) is 65.7 Å². The molecule has 0 aromatic heterocycles. The van der Waals surface area contributed by atoms with E-state index in [9.17, 15) is 13.2 Å². The number of nitrogens with one attached hydrogen (secondary N) is 1. The average Bonchev–Trinajstić information content (AvgIpc) is 2.68. The number of nitrogens with zero attached hydrogens (tertiary/aromatic N) is 1. The van der Waals surface area contributed by atoms with Crippen LogP contribution in [-0.2, 0) is 16.4 Å². The van der Waals surface area contributed by atoms with Crippen LogP contribution < -0.4 is 4.72 Å². The second-order valence-electron chi connectivity index (χ2n) is 6.45. The first-order valence-corrected chi connectivity index (χ1v) is 10.9. The molecule has 0 unspecified atom stereocenters. The van der Waals surface area contributed by atoms with Gasteiger partial charge < -0.3 is 4.90 Å². The van der Waals surface area contributed by atoms with Gasteiger partial charge in [0.15, 0.2) is 0 Å². The number of benzene rings is 2. The van der Waals surface area contributed by atoms with Crippen molar-refractivity contribution in [3.8, 4) is 0 Å². The molecule has 1 amide bonds. The van der Waals surface area contributed by atoms with Gasteiger partial charge in [0.2, 0.25) is 10.0 Å². The van der Waals surface area contributed by atoms with Gasteiger partial charge in [0.25, 0.3) is 5.91 Å². The van der Waals surface area contributed by atoms with Crippen molar-refractivity contribution in [1.82, 2.24) is 9.62 Å². The van der Waals surface area contributed by atoms with Crippen LogP contribution in [-0.4, -0.2) is 38.9 Å². The van der Waals surface area contributed by atoms with Gasteiger partial charge in [-0.25, -0.2) is 13.1 Å². The smallest absolute Gasteiger partial charge is 0.253 e. The SMILES string of the molecule is CCCN(CCC)C(=O)c1ccc(S(=O)(=O)NCCc2ccccc2)cc1. The van der Waals surface area contributed by atoms with Gasteiger partial charge in [0.05, 0.1) is 4.90 Å². The minimum Gasteiger partial charge on any atom is -0.339 e. The molecule has 0 saturated carbocycles. The molecule has 146 valence electrons. The van der Waals surface area contributed by atoms with Gasteiger partial charge in [0.1, 0.15) is 0 Å². The maximum atomic E-state index is 12.6. The third-order valence-corrected chi connectivity index (χ3v) is 5.71. The summed E-state index contributed by atoms with van der Waals surface area (Å²) in [7, 11) is -3.59. The standard InChI is InChI=1S/C21H28N2O3S/c1-3-16-23(17-4-2)21(24)19-10-12-20(13-11-19)27(25,26)22-15-14-18-8-6-5-7-9-18/h5-13,22H,3-4,14-17H2,1-2H3. The number of amides is 1. The van der Waals surface area contributed by atoms with Gasteiger partial charge in [0, 0.05) is 25.2 Å². The molecule has 2 aromatic rings. The summed E-state index contributed by atoms with van der Waals surface area (Å²) in [5.41, 5.74) is 1.59. The molecule has 0 spiro atoms. The van der Waals surface area contributed by atoms with E-state index >= 15 is 0 Å². The number of carbonyl (C=O) groups excluding carboxylic acids is 1. The fourth-order valence-corrected chi connectivity index (χ4v) is 3.90. The van der Waals surface area contributed by atoms with E-state index in [0.29, 0.717) is 31.6 Å². The summed E-state index contributed by atoms with van der Waals surface area (Å²) in [6.45, 7) is 5.80. The van der Waals surface area contributed by atoms with E-state index in [-0.39, 0.29) is 10.8 Å². The quantitative estimate of drug-likeness (QED) is 0.678. The first-order chi connectivity index (χ1) is 13.0. The Morgan fingerprint density at radius 3 is 2.07 bits per heavy atom. The van der Waals surface area contributed by atoms with Crippen molar-refractivity contribution in [1.29, 1.82) is 0 Å². The second kappa shape index (κ2) is 10.2. The Hall–Kier alpha value is -2.18. The Kier molecular flexibility index (Phi) is 8.00. The van der Waals surface area contributed by atoms with E-state index in [2.05, 4.69) is 4.72 Å². The molecule has 2 aromatic carbocycles. The highest BCUT2D eigenvalue weighted by atomic mass is 32.2. The van der Waals surface area contributed by atoms with Crippen LogP contribution in [0.5, 0.6) is 0 Å². The minimum absolute atomic E-state index is 0.0558. The van der Waals surface area contributed by atoms with E-state index in [1.54, 1.807) is 12.1 Å². The molecular formula is C21H28N2O3S. The number of rotatable bonds is 10. The van der Waals surface area contributed by atoms with Gasteiger partial charge in [-0.3, -0.25) is 4.79 Å². The van der Waals surface area contributed by atoms with Crippen LogP contribution in [0.2, 0.25) is 0 Å². The summed E-state index contributed by atoms with van der Waals surface area (Å²) in [5.74, 6) is -0.0558. The van der Waals surface area contributed by atoms with Crippen molar-refractivity contribution in [2.75, 3.05) is 19.6 Å². The summed E-state index contributed by atoms with van der Waals surface area (Å²) < 4.78 is 27.5. The average molecular weight is 389 g/mol. The molecule has 0 aliphatic rings. The van der Waals surface area contributed by atoms with Crippen LogP contribution in [0.4, 0.5) is 0 Å². The van der Waals surface area contributed by atoms with Crippen LogP contribution in [0, 0.1) is 0 Å². The van der Waals surface area contributed by atoms with E-state index < -0.39 is 10.0 Å². The van der Waals surface area contributed by atoms with Crippen LogP contribution in [0.3, 0.4) is 0 Å². The van der Waals surface area contributed by atoms with Crippen LogP contribution in [0.15, 0.2) is 59.5 Å². The van der Waals surface area contributed by atoms with E-state index in [0.717, 1.165) is 18.4 Å². The van der Waals surface area contributed by atoms with Crippen molar-refractivity contribution < 1.29 is 13.2 Å². The second-order valence-corrected chi connectivity index (χ2v) is 8.22. The van der Waals surface area contributed by atoms with E-state index in [1.807, 2.05) is 49.1 Å². The lowest BCUT2D eigenvalue weighted by Crippen LogP contribution is -2.32. The molecule has 0 atom stereocenters. The van der Waals surface area contributed by atoms with E-state index in [1.165, 1.54) is 12.1 Å². The first kappa shape index (κ1) is 21.1. The lowest BCUT2D eigenvalue weighted by molar-refractivity contribution is 0.0755. The molecule has 6 heteroatoms. The fourth-order valence-electron chi connectivity index (χ4n) is 2.87. The maximum Gasteiger partial charge on any atom is 0.253 e. The Morgan fingerprint density at radius 2 is 1.52 bits per heavy atom. The lowest BCUT2D eigenvalue weighted by Gasteiger charge is -2.21. The van der Waals surface area contributed by atoms with Gasteiger partial charge >= 0.3 is 0 Å². The molecule has 2 rings (SSSR count). The van der Waals surface area contributed by atoms with E-state index in [4.69, 9.17) is 0 Å². The largest absolute Gasteiger partial charge is 0.339 e. The topological polar surface area (TPSA) is 66.5 Å². The molecule has 0 fully saturated rings. The third-order valence-electron chi connectivity index (χ3n) is 4.23. The molecule has 5 nitrogen and oxygen atoms in total. The fraction of sp³-hybridized carbons (Fsp3) is 0.381. The first-order valence-electron chi connectivity index (χ1n) is 9.41. The molecule has 0 bridgehead atoms. The lowest BCUT2D eigenvalue weighted by atomic mass is 10.2. The van der Waals surface area contributed by atoms with Crippen LogP contribution in [0.1, 0.15) is 42.6 Å². The summed E-state index contributed by atoms with van der Waals surface area (Å²) in [6, 6.07) is 15.9. The molecule has 27 heavy (non-hydrogen) atoms. The van der Waals surface area contributed by atoms with Crippen molar-refractivity contribution in [2.24, 2.45) is 0 Å². The Morgan fingerprint density at radius 1 is 0.926 bits per heavy atom. The number of carbonyl (C=O) groups is 1. The minimum atomic E-state index is -3.59. The summed E-state index contributed by atoms with van der Waals surface area (Å²) in [4.78, 5) is 14.6. The van der Waals surface area contributed by atoms with Crippen molar-refractivity contribution >= 4 is 15.9 Å². The van der Waals surface area contributed by atoms with Crippen molar-refractivity contribution in [3.63, 3.8) is 0 Å². The molecule has 0 heterocycles. The van der Waals surface area contributed by atoms with Gasteiger partial charge in [-0.05, 0) is 49.1 Å². The highest BCUT2D eigenvalue weighted by molar-refractivity contribution is 7.89. The summed E-state index contributed by atoms with van der Waals surface area (Å²) in [5, 5.41) is 0. The summed E-state index contributed by atoms with van der Waals surface area (Å²) in [6.07, 6.45) is 2.41. The highest BCUT2D eigenvalue weighted by Gasteiger charge is 2.17. The number of sulfonamides is 1. The predicted octanol–water partition coefficient (Wildman–Crippen LogP) is 3.47. The Labute approximate surface area is 162 Å². The molecule has 0 saturated heterocycles. The molecular weight excluding hydrogens is 360 g/mol. The number of hydrogen-bond donors (Lipinski definition) is 1. The predicted molar refractivity (Wildman–Crippen MR) is 108 cm³/mol. The third kappa shape index (κ3) is 6.19. The number of hydrogen-bond acceptors (Lipinski definition) is 3. The van der Waals surface area contributed by atoms with Gasteiger partial charge in [-0.15, -0.1) is 0 Å². The maximum absolute atomic E-state index is 12.6. The Bertz CT molecular complexity index is 812. The van der Waals surface area contributed by atoms with Gasteiger partial charge in [-0.2, -0.15) is 0 Å². The highest BCUT2D eigenvalue weighted by Crippen LogP contribution is 2.13. The Balaban J connectivity index is 2.01. The normalized spacial score (nSPS) is 11.3. The summed E-state index contributed by atoms with van der Waals surface area (Å²) >= 11 is 0. The molecule has 0 aliphatic carbocycles. The zero-order valence-electron chi connectivity index (χ0n) is 16.0. The monoisotopic (exact) mass is 388 g/mol. The zero-order chi connectivity index (χ0) is 19.7. The van der Waals surface area contributed by atoms with Crippen molar-refractivity contribution in [2.45, 2.75) is 38.0 Å². The molecule has 1 N–H and O–H groups in total. The molecule has 0 radical (unpaired) electrons. The van der Waals surface area contributed by atoms with Crippen LogP contribution in [0.25, 0.3) is 0 Å². The van der Waals surface area contributed by atoms with Gasteiger partial charge in [-0.1, -0.05) is 44.2 Å².